The van der Waals surface area contributed by atoms with Crippen LogP contribution in [0.15, 0.2) is 40.1 Å². The highest BCUT2D eigenvalue weighted by molar-refractivity contribution is 7.13. The average molecular weight is 313 g/mol. The molecule has 0 aliphatic heterocycles. The van der Waals surface area contributed by atoms with Gasteiger partial charge in [0.25, 0.3) is 5.89 Å². The lowest BCUT2D eigenvalue weighted by atomic mass is 10.0. The Kier molecular flexibility index (Phi) is 4.02. The first-order valence-corrected chi connectivity index (χ1v) is 7.73. The van der Waals surface area contributed by atoms with Gasteiger partial charge in [0.2, 0.25) is 5.91 Å². The van der Waals surface area contributed by atoms with Gasteiger partial charge in [-0.15, -0.1) is 16.4 Å². The fourth-order valence-electron chi connectivity index (χ4n) is 2.15. The summed E-state index contributed by atoms with van der Waals surface area (Å²) in [7, 11) is 0. The molecule has 0 saturated heterocycles. The van der Waals surface area contributed by atoms with Crippen LogP contribution in [-0.4, -0.2) is 16.1 Å². The quantitative estimate of drug-likeness (QED) is 0.799. The molecule has 0 fully saturated rings. The molecule has 1 aromatic carbocycles. The van der Waals surface area contributed by atoms with Gasteiger partial charge in [0, 0.05) is 0 Å². The van der Waals surface area contributed by atoms with Crippen molar-refractivity contribution in [2.24, 2.45) is 0 Å². The van der Waals surface area contributed by atoms with E-state index in [9.17, 15) is 4.79 Å². The van der Waals surface area contributed by atoms with Crippen molar-refractivity contribution in [2.45, 2.75) is 20.3 Å². The number of anilines is 1. The van der Waals surface area contributed by atoms with Crippen LogP contribution < -0.4 is 5.32 Å². The van der Waals surface area contributed by atoms with Crippen LogP contribution >= 0.6 is 11.3 Å². The predicted octanol–water partition coefficient (Wildman–Crippen LogP) is 3.60. The molecule has 6 heteroatoms. The van der Waals surface area contributed by atoms with Gasteiger partial charge in [-0.05, 0) is 36.4 Å². The Morgan fingerprint density at radius 1 is 1.27 bits per heavy atom. The van der Waals surface area contributed by atoms with E-state index in [1.54, 1.807) is 0 Å². The predicted molar refractivity (Wildman–Crippen MR) is 85.9 cm³/mol. The Labute approximate surface area is 132 Å². The third-order valence-electron chi connectivity index (χ3n) is 3.25. The van der Waals surface area contributed by atoms with Gasteiger partial charge < -0.3 is 4.42 Å². The molecule has 22 heavy (non-hydrogen) atoms. The number of benzene rings is 1. The lowest BCUT2D eigenvalue weighted by molar-refractivity contribution is -0.115. The number of carbonyl (C=O) groups is 1. The van der Waals surface area contributed by atoms with E-state index in [0.717, 1.165) is 16.0 Å². The summed E-state index contributed by atoms with van der Waals surface area (Å²) >= 11 is 1.51. The fourth-order valence-corrected chi connectivity index (χ4v) is 2.80. The van der Waals surface area contributed by atoms with Crippen LogP contribution in [0.2, 0.25) is 0 Å². The van der Waals surface area contributed by atoms with E-state index in [1.165, 1.54) is 16.9 Å². The molecular formula is C16H15N3O2S. The Bertz CT molecular complexity index is 794. The van der Waals surface area contributed by atoms with E-state index in [4.69, 9.17) is 4.42 Å². The van der Waals surface area contributed by atoms with E-state index in [-0.39, 0.29) is 18.3 Å². The zero-order chi connectivity index (χ0) is 15.5. The highest BCUT2D eigenvalue weighted by Gasteiger charge is 2.13. The van der Waals surface area contributed by atoms with Crippen LogP contribution in [0.1, 0.15) is 16.7 Å². The van der Waals surface area contributed by atoms with Crippen molar-refractivity contribution in [1.82, 2.24) is 10.2 Å². The molecule has 0 aliphatic rings. The first kappa shape index (κ1) is 14.5. The number of amides is 1. The fraction of sp³-hybridized carbons (Fsp3) is 0.188. The van der Waals surface area contributed by atoms with Gasteiger partial charge in [-0.2, -0.15) is 0 Å². The van der Waals surface area contributed by atoms with Gasteiger partial charge >= 0.3 is 6.01 Å². The SMILES string of the molecule is Cc1ccc(CC(=O)Nc2nnc(-c3cccs3)o2)c(C)c1. The van der Waals surface area contributed by atoms with Gasteiger partial charge in [0.05, 0.1) is 11.3 Å². The minimum absolute atomic E-state index is 0.123. The number of carbonyl (C=O) groups excluding carboxylic acids is 1. The molecule has 2 heterocycles. The smallest absolute Gasteiger partial charge is 0.322 e. The molecule has 5 nitrogen and oxygen atoms in total. The zero-order valence-corrected chi connectivity index (χ0v) is 13.1. The van der Waals surface area contributed by atoms with E-state index >= 15 is 0 Å². The van der Waals surface area contributed by atoms with Crippen LogP contribution in [0, 0.1) is 13.8 Å². The third kappa shape index (κ3) is 3.23. The van der Waals surface area contributed by atoms with E-state index in [0.29, 0.717) is 5.89 Å². The van der Waals surface area contributed by atoms with Crippen LogP contribution in [0.25, 0.3) is 10.8 Å². The molecule has 0 aliphatic carbocycles. The molecule has 112 valence electrons. The van der Waals surface area contributed by atoms with Crippen LogP contribution in [-0.2, 0) is 11.2 Å². The van der Waals surface area contributed by atoms with Crippen molar-refractivity contribution in [3.63, 3.8) is 0 Å². The summed E-state index contributed by atoms with van der Waals surface area (Å²) in [5.41, 5.74) is 3.26. The molecule has 0 unspecified atom stereocenters. The molecule has 0 spiro atoms. The second-order valence-electron chi connectivity index (χ2n) is 5.04. The topological polar surface area (TPSA) is 68.0 Å². The summed E-state index contributed by atoms with van der Waals surface area (Å²) in [6.07, 6.45) is 0.281. The molecule has 0 radical (unpaired) electrons. The van der Waals surface area contributed by atoms with Crippen LogP contribution in [0.3, 0.4) is 0 Å². The maximum absolute atomic E-state index is 12.1. The zero-order valence-electron chi connectivity index (χ0n) is 12.3. The van der Waals surface area contributed by atoms with Gasteiger partial charge in [-0.1, -0.05) is 34.9 Å². The van der Waals surface area contributed by atoms with Crippen molar-refractivity contribution < 1.29 is 9.21 Å². The molecule has 3 rings (SSSR count). The highest BCUT2D eigenvalue weighted by atomic mass is 32.1. The molecule has 1 amide bonds. The van der Waals surface area contributed by atoms with Gasteiger partial charge in [-0.25, -0.2) is 0 Å². The number of hydrogen-bond donors (Lipinski definition) is 1. The van der Waals surface area contributed by atoms with E-state index in [2.05, 4.69) is 21.6 Å². The number of nitrogens with zero attached hydrogens (tertiary/aromatic N) is 2. The molecule has 3 aromatic rings. The molecule has 0 bridgehead atoms. The lowest BCUT2D eigenvalue weighted by Crippen LogP contribution is -2.15. The number of hydrogen-bond acceptors (Lipinski definition) is 5. The maximum Gasteiger partial charge on any atom is 0.322 e. The second kappa shape index (κ2) is 6.11. The first-order chi connectivity index (χ1) is 10.6. The molecule has 2 aromatic heterocycles. The van der Waals surface area contributed by atoms with E-state index < -0.39 is 0 Å². The molecular weight excluding hydrogens is 298 g/mol. The minimum atomic E-state index is -0.173. The van der Waals surface area contributed by atoms with E-state index in [1.807, 2.05) is 43.5 Å². The average Bonchev–Trinajstić information content (AvgIpc) is 3.12. The molecule has 1 N–H and O–H groups in total. The Morgan fingerprint density at radius 2 is 2.14 bits per heavy atom. The van der Waals surface area contributed by atoms with Gasteiger partial charge in [-0.3, -0.25) is 10.1 Å². The summed E-state index contributed by atoms with van der Waals surface area (Å²) < 4.78 is 5.44. The summed E-state index contributed by atoms with van der Waals surface area (Å²) in [6.45, 7) is 4.03. The number of aryl methyl sites for hydroxylation is 2. The van der Waals surface area contributed by atoms with Crippen molar-refractivity contribution in [1.29, 1.82) is 0 Å². The Balaban J connectivity index is 1.67. The molecule has 0 atom stereocenters. The second-order valence-corrected chi connectivity index (χ2v) is 5.99. The van der Waals surface area contributed by atoms with Crippen LogP contribution in [0.4, 0.5) is 6.01 Å². The number of aromatic nitrogens is 2. The molecule has 0 saturated carbocycles. The first-order valence-electron chi connectivity index (χ1n) is 6.85. The van der Waals surface area contributed by atoms with Crippen LogP contribution in [0.5, 0.6) is 0 Å². The monoisotopic (exact) mass is 313 g/mol. The number of thiophene rings is 1. The van der Waals surface area contributed by atoms with Crippen molar-refractivity contribution >= 4 is 23.3 Å². The number of rotatable bonds is 4. The maximum atomic E-state index is 12.1. The van der Waals surface area contributed by atoms with Crippen molar-refractivity contribution in [3.05, 3.63) is 52.4 Å². The van der Waals surface area contributed by atoms with Crippen molar-refractivity contribution in [3.8, 4) is 10.8 Å². The third-order valence-corrected chi connectivity index (χ3v) is 4.11. The lowest BCUT2D eigenvalue weighted by Gasteiger charge is -2.06. The normalized spacial score (nSPS) is 10.6. The van der Waals surface area contributed by atoms with Gasteiger partial charge in [0.1, 0.15) is 0 Å². The standard InChI is InChI=1S/C16H15N3O2S/c1-10-5-6-12(11(2)8-10)9-14(20)17-16-19-18-15(21-16)13-4-3-7-22-13/h3-8H,9H2,1-2H3,(H,17,19,20). The Morgan fingerprint density at radius 3 is 2.86 bits per heavy atom. The summed E-state index contributed by atoms with van der Waals surface area (Å²) in [4.78, 5) is 13.0. The number of nitrogens with one attached hydrogen (secondary N) is 1. The summed E-state index contributed by atoms with van der Waals surface area (Å²) in [5, 5.41) is 12.3. The Hall–Kier alpha value is -2.47. The van der Waals surface area contributed by atoms with Crippen molar-refractivity contribution in [2.75, 3.05) is 5.32 Å². The largest absolute Gasteiger partial charge is 0.402 e. The summed E-state index contributed by atoms with van der Waals surface area (Å²) in [5.74, 6) is 0.241. The summed E-state index contributed by atoms with van der Waals surface area (Å²) in [6, 6.07) is 9.94. The van der Waals surface area contributed by atoms with Gasteiger partial charge in [0.15, 0.2) is 0 Å². The minimum Gasteiger partial charge on any atom is -0.402 e. The highest BCUT2D eigenvalue weighted by Crippen LogP contribution is 2.24.